The van der Waals surface area contributed by atoms with Crippen molar-refractivity contribution >= 4 is 0 Å². The SMILES string of the molecule is OC1C=CC=C2C=CC=C21. The zero-order valence-corrected chi connectivity index (χ0v) is 5.49. The Bertz CT molecular complexity index is 266. The maximum absolute atomic E-state index is 9.34. The summed E-state index contributed by atoms with van der Waals surface area (Å²) >= 11 is 0. The number of hydrogen-bond donors (Lipinski definition) is 1. The molecule has 0 aromatic heterocycles. The van der Waals surface area contributed by atoms with E-state index in [1.54, 1.807) is 6.08 Å². The van der Waals surface area contributed by atoms with Gasteiger partial charge >= 0.3 is 0 Å². The predicted molar refractivity (Wildman–Crippen MR) is 40.5 cm³/mol. The third kappa shape index (κ3) is 0.677. The Labute approximate surface area is 59.7 Å². The number of aliphatic hydroxyl groups is 1. The summed E-state index contributed by atoms with van der Waals surface area (Å²) in [7, 11) is 0. The summed E-state index contributed by atoms with van der Waals surface area (Å²) in [6.45, 7) is 0. The molecule has 0 bridgehead atoms. The van der Waals surface area contributed by atoms with Gasteiger partial charge < -0.3 is 5.11 Å². The van der Waals surface area contributed by atoms with Crippen molar-refractivity contribution in [1.29, 1.82) is 0 Å². The first-order valence-corrected chi connectivity index (χ1v) is 3.33. The maximum atomic E-state index is 9.34. The van der Waals surface area contributed by atoms with Crippen molar-refractivity contribution in [1.82, 2.24) is 0 Å². The van der Waals surface area contributed by atoms with E-state index in [4.69, 9.17) is 0 Å². The highest BCUT2D eigenvalue weighted by Gasteiger charge is 2.14. The standard InChI is InChI=1S/C9H8O/c10-9-6-2-4-7-3-1-5-8(7)9/h1-6,9-10H. The fourth-order valence-corrected chi connectivity index (χ4v) is 1.24. The summed E-state index contributed by atoms with van der Waals surface area (Å²) in [6.07, 6.45) is 11.2. The van der Waals surface area contributed by atoms with Crippen molar-refractivity contribution in [2.24, 2.45) is 0 Å². The lowest BCUT2D eigenvalue weighted by atomic mass is 9.99. The average Bonchev–Trinajstić information content (AvgIpc) is 2.36. The summed E-state index contributed by atoms with van der Waals surface area (Å²) in [4.78, 5) is 0. The van der Waals surface area contributed by atoms with Gasteiger partial charge in [-0.1, -0.05) is 36.5 Å². The largest absolute Gasteiger partial charge is 0.384 e. The topological polar surface area (TPSA) is 20.2 Å². The van der Waals surface area contributed by atoms with Crippen molar-refractivity contribution in [2.75, 3.05) is 0 Å². The number of hydrogen-bond acceptors (Lipinski definition) is 1. The first-order valence-electron chi connectivity index (χ1n) is 3.33. The second-order valence-electron chi connectivity index (χ2n) is 2.43. The molecule has 0 aromatic carbocycles. The van der Waals surface area contributed by atoms with Crippen LogP contribution in [0.25, 0.3) is 0 Å². The molecule has 0 fully saturated rings. The van der Waals surface area contributed by atoms with Crippen LogP contribution in [0, 0.1) is 0 Å². The van der Waals surface area contributed by atoms with E-state index < -0.39 is 6.10 Å². The Morgan fingerprint density at radius 2 is 2.10 bits per heavy atom. The van der Waals surface area contributed by atoms with E-state index in [1.807, 2.05) is 30.4 Å². The Morgan fingerprint density at radius 1 is 1.20 bits per heavy atom. The molecule has 0 radical (unpaired) electrons. The Morgan fingerprint density at radius 3 is 2.90 bits per heavy atom. The van der Waals surface area contributed by atoms with Gasteiger partial charge in [0, 0.05) is 0 Å². The van der Waals surface area contributed by atoms with Gasteiger partial charge in [0.15, 0.2) is 0 Å². The van der Waals surface area contributed by atoms with E-state index in [-0.39, 0.29) is 0 Å². The molecule has 0 aliphatic heterocycles. The van der Waals surface area contributed by atoms with Gasteiger partial charge in [0.2, 0.25) is 0 Å². The second-order valence-corrected chi connectivity index (χ2v) is 2.43. The molecule has 0 aromatic rings. The van der Waals surface area contributed by atoms with Crippen molar-refractivity contribution in [3.05, 3.63) is 47.6 Å². The molecular weight excluding hydrogens is 124 g/mol. The Balaban J connectivity index is 2.45. The third-order valence-corrected chi connectivity index (χ3v) is 1.77. The predicted octanol–water partition coefficient (Wildman–Crippen LogP) is 1.34. The van der Waals surface area contributed by atoms with Crippen LogP contribution in [0.5, 0.6) is 0 Å². The van der Waals surface area contributed by atoms with Crippen LogP contribution in [0.3, 0.4) is 0 Å². The van der Waals surface area contributed by atoms with Crippen molar-refractivity contribution in [3.63, 3.8) is 0 Å². The number of allylic oxidation sites excluding steroid dienone is 5. The van der Waals surface area contributed by atoms with Crippen LogP contribution in [-0.2, 0) is 0 Å². The minimum atomic E-state index is -0.394. The molecule has 1 atom stereocenters. The lowest BCUT2D eigenvalue weighted by Gasteiger charge is -2.11. The van der Waals surface area contributed by atoms with E-state index in [1.165, 1.54) is 0 Å². The first kappa shape index (κ1) is 5.69. The molecule has 0 saturated heterocycles. The summed E-state index contributed by atoms with van der Waals surface area (Å²) in [6, 6.07) is 0. The van der Waals surface area contributed by atoms with Crippen LogP contribution in [0.15, 0.2) is 47.6 Å². The highest BCUT2D eigenvalue weighted by Crippen LogP contribution is 2.25. The molecule has 2 rings (SSSR count). The first-order chi connectivity index (χ1) is 4.88. The molecule has 2 aliphatic rings. The van der Waals surface area contributed by atoms with Crippen LogP contribution < -0.4 is 0 Å². The van der Waals surface area contributed by atoms with Crippen LogP contribution >= 0.6 is 0 Å². The monoisotopic (exact) mass is 132 g/mol. The van der Waals surface area contributed by atoms with Crippen LogP contribution in [0.1, 0.15) is 0 Å². The van der Waals surface area contributed by atoms with Crippen LogP contribution in [0.4, 0.5) is 0 Å². The van der Waals surface area contributed by atoms with Crippen LogP contribution in [0.2, 0.25) is 0 Å². The quantitative estimate of drug-likeness (QED) is 0.527. The van der Waals surface area contributed by atoms with E-state index in [2.05, 4.69) is 0 Å². The average molecular weight is 132 g/mol. The van der Waals surface area contributed by atoms with Gasteiger partial charge in [0.25, 0.3) is 0 Å². The Kier molecular flexibility index (Phi) is 1.11. The minimum absolute atomic E-state index is 0.394. The molecule has 0 heterocycles. The summed E-state index contributed by atoms with van der Waals surface area (Å²) in [5.41, 5.74) is 2.15. The summed E-state index contributed by atoms with van der Waals surface area (Å²) < 4.78 is 0. The smallest absolute Gasteiger partial charge is 0.0980 e. The molecule has 1 heteroatoms. The number of rotatable bonds is 0. The van der Waals surface area contributed by atoms with Gasteiger partial charge in [-0.2, -0.15) is 0 Å². The Hall–Kier alpha value is -1.08. The summed E-state index contributed by atoms with van der Waals surface area (Å²) in [5.74, 6) is 0. The van der Waals surface area contributed by atoms with Gasteiger partial charge in [-0.05, 0) is 11.1 Å². The second kappa shape index (κ2) is 1.96. The lowest BCUT2D eigenvalue weighted by molar-refractivity contribution is 0.261. The molecular formula is C9H8O. The van der Waals surface area contributed by atoms with Gasteiger partial charge in [-0.3, -0.25) is 0 Å². The van der Waals surface area contributed by atoms with Gasteiger partial charge in [0.05, 0.1) is 6.10 Å². The molecule has 50 valence electrons. The van der Waals surface area contributed by atoms with E-state index >= 15 is 0 Å². The molecule has 10 heavy (non-hydrogen) atoms. The minimum Gasteiger partial charge on any atom is -0.384 e. The third-order valence-electron chi connectivity index (χ3n) is 1.77. The van der Waals surface area contributed by atoms with Gasteiger partial charge in [0.1, 0.15) is 0 Å². The van der Waals surface area contributed by atoms with Gasteiger partial charge in [-0.15, -0.1) is 0 Å². The maximum Gasteiger partial charge on any atom is 0.0980 e. The molecule has 1 N–H and O–H groups in total. The van der Waals surface area contributed by atoms with Crippen LogP contribution in [-0.4, -0.2) is 11.2 Å². The molecule has 0 saturated carbocycles. The fourth-order valence-electron chi connectivity index (χ4n) is 1.24. The molecule has 1 nitrogen and oxygen atoms in total. The van der Waals surface area contributed by atoms with Crippen molar-refractivity contribution in [2.45, 2.75) is 6.10 Å². The van der Waals surface area contributed by atoms with Gasteiger partial charge in [-0.25, -0.2) is 0 Å². The zero-order chi connectivity index (χ0) is 6.97. The molecule has 0 spiro atoms. The van der Waals surface area contributed by atoms with Crippen molar-refractivity contribution in [3.8, 4) is 0 Å². The van der Waals surface area contributed by atoms with E-state index in [0.717, 1.165) is 11.1 Å². The van der Waals surface area contributed by atoms with E-state index in [0.29, 0.717) is 0 Å². The molecule has 1 unspecified atom stereocenters. The number of aliphatic hydroxyl groups excluding tert-OH is 1. The highest BCUT2D eigenvalue weighted by molar-refractivity contribution is 5.55. The zero-order valence-electron chi connectivity index (χ0n) is 5.49. The number of fused-ring (bicyclic) bond motifs is 1. The van der Waals surface area contributed by atoms with E-state index in [9.17, 15) is 5.11 Å². The highest BCUT2D eigenvalue weighted by atomic mass is 16.3. The summed E-state index contributed by atoms with van der Waals surface area (Å²) in [5, 5.41) is 9.34. The lowest BCUT2D eigenvalue weighted by Crippen LogP contribution is -2.08. The fraction of sp³-hybridized carbons (Fsp3) is 0.111. The van der Waals surface area contributed by atoms with Crippen molar-refractivity contribution < 1.29 is 5.11 Å². The molecule has 0 amide bonds. The molecule has 2 aliphatic carbocycles. The normalized spacial score (nSPS) is 27.9.